The van der Waals surface area contributed by atoms with E-state index in [1.54, 1.807) is 24.3 Å². The average molecular weight is 344 g/mol. The lowest BCUT2D eigenvalue weighted by molar-refractivity contribution is -0.133. The Morgan fingerprint density at radius 3 is 2.44 bits per heavy atom. The van der Waals surface area contributed by atoms with Crippen molar-refractivity contribution in [3.8, 4) is 0 Å². The number of esters is 1. The molecule has 6 heteroatoms. The summed E-state index contributed by atoms with van der Waals surface area (Å²) in [7, 11) is 1.33. The molecule has 1 atom stereocenters. The largest absolute Gasteiger partial charge is 0.465 e. The molecule has 1 saturated heterocycles. The highest BCUT2D eigenvalue weighted by Crippen LogP contribution is 2.36. The Labute approximate surface area is 147 Å². The zero-order chi connectivity index (χ0) is 18.0. The first-order valence-corrected chi connectivity index (χ1v) is 8.77. The van der Waals surface area contributed by atoms with Crippen LogP contribution in [-0.2, 0) is 16.1 Å². The van der Waals surface area contributed by atoms with Crippen molar-refractivity contribution < 1.29 is 19.1 Å². The first-order chi connectivity index (χ1) is 12.0. The minimum atomic E-state index is -0.802. The van der Waals surface area contributed by atoms with E-state index in [1.807, 2.05) is 6.92 Å². The van der Waals surface area contributed by atoms with Crippen LogP contribution in [0.5, 0.6) is 0 Å². The number of amides is 3. The molecule has 1 aliphatic heterocycles. The van der Waals surface area contributed by atoms with E-state index in [0.29, 0.717) is 5.56 Å². The van der Waals surface area contributed by atoms with E-state index in [2.05, 4.69) is 10.1 Å². The lowest BCUT2D eigenvalue weighted by Gasteiger charge is -2.34. The van der Waals surface area contributed by atoms with Gasteiger partial charge in [0.05, 0.1) is 19.2 Å². The van der Waals surface area contributed by atoms with Gasteiger partial charge in [0, 0.05) is 0 Å². The summed E-state index contributed by atoms with van der Waals surface area (Å²) in [6, 6.07) is 6.42. The Balaban J connectivity index is 1.73. The predicted molar refractivity (Wildman–Crippen MR) is 91.8 cm³/mol. The zero-order valence-corrected chi connectivity index (χ0v) is 14.7. The van der Waals surface area contributed by atoms with Gasteiger partial charge in [-0.1, -0.05) is 31.4 Å². The third kappa shape index (κ3) is 3.25. The van der Waals surface area contributed by atoms with Crippen LogP contribution in [0.25, 0.3) is 0 Å². The number of imide groups is 1. The molecule has 1 aromatic carbocycles. The molecule has 0 bridgehead atoms. The summed E-state index contributed by atoms with van der Waals surface area (Å²) in [5, 5.41) is 2.92. The van der Waals surface area contributed by atoms with E-state index in [0.717, 1.165) is 31.2 Å². The van der Waals surface area contributed by atoms with Gasteiger partial charge in [-0.05, 0) is 43.4 Å². The Bertz CT molecular complexity index is 679. The molecule has 0 spiro atoms. The normalized spacial score (nSPS) is 24.3. The summed E-state index contributed by atoms with van der Waals surface area (Å²) >= 11 is 0. The average Bonchev–Trinajstić information content (AvgIpc) is 2.86. The number of ether oxygens (including phenoxy) is 1. The van der Waals surface area contributed by atoms with Gasteiger partial charge in [0.15, 0.2) is 0 Å². The van der Waals surface area contributed by atoms with E-state index >= 15 is 0 Å². The Kier molecular flexibility index (Phi) is 4.79. The van der Waals surface area contributed by atoms with Crippen LogP contribution in [0, 0.1) is 5.92 Å². The second-order valence-corrected chi connectivity index (χ2v) is 7.05. The fraction of sp³-hybridized carbons (Fsp3) is 0.526. The number of nitrogens with zero attached hydrogens (tertiary/aromatic N) is 1. The van der Waals surface area contributed by atoms with Gasteiger partial charge in [-0.2, -0.15) is 0 Å². The summed E-state index contributed by atoms with van der Waals surface area (Å²) in [4.78, 5) is 38.1. The van der Waals surface area contributed by atoms with Crippen LogP contribution < -0.4 is 5.32 Å². The molecule has 1 N–H and O–H groups in total. The second kappa shape index (κ2) is 6.86. The quantitative estimate of drug-likeness (QED) is 0.673. The van der Waals surface area contributed by atoms with Crippen LogP contribution in [0.1, 0.15) is 54.9 Å². The van der Waals surface area contributed by atoms with E-state index in [1.165, 1.54) is 18.4 Å². The fourth-order valence-electron chi connectivity index (χ4n) is 3.86. The monoisotopic (exact) mass is 344 g/mol. The number of hydrogen-bond acceptors (Lipinski definition) is 4. The number of carbonyl (C=O) groups is 3. The standard InChI is InChI=1S/C19H24N2O4/c1-19(15-6-4-3-5-7-15)17(23)21(18(24)20-19)12-13-8-10-14(11-9-13)16(22)25-2/h8-11,15H,3-7,12H2,1-2H3,(H,20,24). The molecule has 2 fully saturated rings. The number of nitrogens with one attached hydrogen (secondary N) is 1. The number of benzene rings is 1. The van der Waals surface area contributed by atoms with Gasteiger partial charge in [-0.25, -0.2) is 9.59 Å². The van der Waals surface area contributed by atoms with Crippen molar-refractivity contribution in [2.24, 2.45) is 5.92 Å². The summed E-state index contributed by atoms with van der Waals surface area (Å²) in [6.45, 7) is 2.05. The van der Waals surface area contributed by atoms with Crippen LogP contribution in [0.2, 0.25) is 0 Å². The van der Waals surface area contributed by atoms with Gasteiger partial charge in [0.25, 0.3) is 5.91 Å². The highest BCUT2D eigenvalue weighted by Gasteiger charge is 2.52. The van der Waals surface area contributed by atoms with Gasteiger partial charge in [0.1, 0.15) is 5.54 Å². The number of carbonyl (C=O) groups excluding carboxylic acids is 3. The maximum atomic E-state index is 12.9. The summed E-state index contributed by atoms with van der Waals surface area (Å²) in [5.41, 5.74) is 0.434. The third-order valence-corrected chi connectivity index (χ3v) is 5.44. The summed E-state index contributed by atoms with van der Waals surface area (Å²) < 4.78 is 4.67. The molecule has 1 aliphatic carbocycles. The first-order valence-electron chi connectivity index (χ1n) is 8.77. The van der Waals surface area contributed by atoms with Crippen molar-refractivity contribution in [2.45, 2.75) is 51.1 Å². The second-order valence-electron chi connectivity index (χ2n) is 7.05. The maximum Gasteiger partial charge on any atom is 0.337 e. The first kappa shape index (κ1) is 17.5. The molecular weight excluding hydrogens is 320 g/mol. The molecule has 2 aliphatic rings. The van der Waals surface area contributed by atoms with Crippen LogP contribution in [-0.4, -0.2) is 35.5 Å². The molecule has 3 rings (SSSR count). The topological polar surface area (TPSA) is 75.7 Å². The maximum absolute atomic E-state index is 12.9. The van der Waals surface area contributed by atoms with E-state index < -0.39 is 11.5 Å². The Morgan fingerprint density at radius 2 is 1.84 bits per heavy atom. The lowest BCUT2D eigenvalue weighted by atomic mass is 9.75. The van der Waals surface area contributed by atoms with Crippen molar-refractivity contribution in [3.63, 3.8) is 0 Å². The molecule has 1 aromatic rings. The van der Waals surface area contributed by atoms with Crippen LogP contribution in [0.4, 0.5) is 4.79 Å². The molecule has 0 aromatic heterocycles. The van der Waals surface area contributed by atoms with Crippen molar-refractivity contribution in [2.75, 3.05) is 7.11 Å². The van der Waals surface area contributed by atoms with Crippen molar-refractivity contribution >= 4 is 17.9 Å². The Morgan fingerprint density at radius 1 is 1.20 bits per heavy atom. The van der Waals surface area contributed by atoms with Crippen LogP contribution in [0.15, 0.2) is 24.3 Å². The van der Waals surface area contributed by atoms with Gasteiger partial charge in [-0.15, -0.1) is 0 Å². The fourth-order valence-corrected chi connectivity index (χ4v) is 3.86. The molecule has 3 amide bonds. The number of rotatable bonds is 4. The van der Waals surface area contributed by atoms with Gasteiger partial charge in [-0.3, -0.25) is 9.69 Å². The van der Waals surface area contributed by atoms with Crippen LogP contribution in [0.3, 0.4) is 0 Å². The lowest BCUT2D eigenvalue weighted by Crippen LogP contribution is -2.51. The van der Waals surface area contributed by atoms with E-state index in [9.17, 15) is 14.4 Å². The molecule has 134 valence electrons. The number of urea groups is 1. The molecule has 6 nitrogen and oxygen atoms in total. The van der Waals surface area contributed by atoms with Crippen molar-refractivity contribution in [3.05, 3.63) is 35.4 Å². The molecule has 25 heavy (non-hydrogen) atoms. The molecule has 1 heterocycles. The van der Waals surface area contributed by atoms with Gasteiger partial charge in [0.2, 0.25) is 0 Å². The number of methoxy groups -OCH3 is 1. The van der Waals surface area contributed by atoms with E-state index in [-0.39, 0.29) is 24.4 Å². The van der Waals surface area contributed by atoms with Gasteiger partial charge >= 0.3 is 12.0 Å². The summed E-state index contributed by atoms with van der Waals surface area (Å²) in [5.74, 6) is -0.364. The smallest absolute Gasteiger partial charge is 0.337 e. The highest BCUT2D eigenvalue weighted by atomic mass is 16.5. The molecular formula is C19H24N2O4. The number of hydrogen-bond donors (Lipinski definition) is 1. The molecule has 1 unspecified atom stereocenters. The Hall–Kier alpha value is -2.37. The summed E-state index contributed by atoms with van der Waals surface area (Å²) in [6.07, 6.45) is 5.37. The predicted octanol–water partition coefficient (Wildman–Crippen LogP) is 2.86. The molecule has 1 saturated carbocycles. The highest BCUT2D eigenvalue weighted by molar-refractivity contribution is 6.07. The van der Waals surface area contributed by atoms with Crippen LogP contribution >= 0.6 is 0 Å². The van der Waals surface area contributed by atoms with Gasteiger partial charge < -0.3 is 10.1 Å². The molecule has 0 radical (unpaired) electrons. The minimum Gasteiger partial charge on any atom is -0.465 e. The minimum absolute atomic E-state index is 0.151. The SMILES string of the molecule is COC(=O)c1ccc(CN2C(=O)NC(C)(C3CCCCC3)C2=O)cc1. The third-order valence-electron chi connectivity index (χ3n) is 5.44. The van der Waals surface area contributed by atoms with Crippen molar-refractivity contribution in [1.29, 1.82) is 0 Å². The zero-order valence-electron chi connectivity index (χ0n) is 14.7. The van der Waals surface area contributed by atoms with Crippen molar-refractivity contribution in [1.82, 2.24) is 10.2 Å². The van der Waals surface area contributed by atoms with E-state index in [4.69, 9.17) is 0 Å².